The van der Waals surface area contributed by atoms with Gasteiger partial charge in [-0.25, -0.2) is 0 Å². The molecule has 0 bridgehead atoms. The molecule has 0 spiro atoms. The second-order valence-corrected chi connectivity index (χ2v) is 17.2. The summed E-state index contributed by atoms with van der Waals surface area (Å²) in [5.41, 5.74) is 15.2. The van der Waals surface area contributed by atoms with Gasteiger partial charge in [0, 0.05) is 38.9 Å². The highest BCUT2D eigenvalue weighted by molar-refractivity contribution is 6.00. The molecular weight excluding hydrogens is 785 g/mol. The summed E-state index contributed by atoms with van der Waals surface area (Å²) in [5.74, 6) is 0. The second kappa shape index (κ2) is 17.2. The van der Waals surface area contributed by atoms with Crippen LogP contribution in [0.5, 0.6) is 0 Å². The molecule has 1 unspecified atom stereocenters. The lowest BCUT2D eigenvalue weighted by Gasteiger charge is -2.35. The van der Waals surface area contributed by atoms with Crippen molar-refractivity contribution in [3.8, 4) is 33.4 Å². The van der Waals surface area contributed by atoms with Crippen LogP contribution < -0.4 is 9.80 Å². The van der Waals surface area contributed by atoms with Crippen molar-refractivity contribution in [1.29, 1.82) is 0 Å². The number of hydrogen-bond donors (Lipinski definition) is 0. The Bertz CT molecular complexity index is 3320. The SMILES string of the molecule is CC1(c2ccccc2-c2ccc(N(c3ccc(-c4ccccc4)cc3)c3cccc4ccccc34)cc2)C=CC(N(c2ccc(-c3ccccc3)cc2)c2cccc3ccccc23)=CC1. The van der Waals surface area contributed by atoms with Crippen molar-refractivity contribution in [2.75, 3.05) is 9.80 Å². The zero-order valence-electron chi connectivity index (χ0n) is 36.4. The van der Waals surface area contributed by atoms with Crippen LogP contribution in [0.2, 0.25) is 0 Å². The summed E-state index contributed by atoms with van der Waals surface area (Å²) in [6.07, 6.45) is 8.04. The Morgan fingerprint density at radius 1 is 0.354 bits per heavy atom. The third kappa shape index (κ3) is 7.70. The molecule has 65 heavy (non-hydrogen) atoms. The fourth-order valence-corrected chi connectivity index (χ4v) is 9.64. The van der Waals surface area contributed by atoms with E-state index in [4.69, 9.17) is 0 Å². The Hall–Kier alpha value is -8.20. The molecule has 1 aliphatic carbocycles. The Morgan fingerprint density at radius 2 is 0.769 bits per heavy atom. The topological polar surface area (TPSA) is 6.48 Å². The summed E-state index contributed by atoms with van der Waals surface area (Å²) >= 11 is 0. The van der Waals surface area contributed by atoms with Crippen molar-refractivity contribution in [2.24, 2.45) is 0 Å². The number of anilines is 5. The third-order valence-electron chi connectivity index (χ3n) is 13.1. The van der Waals surface area contributed by atoms with Crippen LogP contribution in [0.25, 0.3) is 54.9 Å². The van der Waals surface area contributed by atoms with E-state index in [-0.39, 0.29) is 5.41 Å². The summed E-state index contributed by atoms with van der Waals surface area (Å²) in [6.45, 7) is 2.38. The van der Waals surface area contributed by atoms with Crippen LogP contribution in [0, 0.1) is 0 Å². The van der Waals surface area contributed by atoms with E-state index in [0.717, 1.165) is 29.2 Å². The lowest BCUT2D eigenvalue weighted by molar-refractivity contribution is 0.597. The van der Waals surface area contributed by atoms with Gasteiger partial charge in [0.25, 0.3) is 0 Å². The highest BCUT2D eigenvalue weighted by atomic mass is 15.2. The molecule has 2 heteroatoms. The van der Waals surface area contributed by atoms with Gasteiger partial charge in [-0.2, -0.15) is 0 Å². The minimum Gasteiger partial charge on any atom is -0.310 e. The van der Waals surface area contributed by atoms with E-state index in [2.05, 4.69) is 278 Å². The monoisotopic (exact) mass is 832 g/mol. The minimum atomic E-state index is -0.226. The second-order valence-electron chi connectivity index (χ2n) is 17.2. The zero-order valence-corrected chi connectivity index (χ0v) is 36.4. The molecule has 0 amide bonds. The van der Waals surface area contributed by atoms with E-state index >= 15 is 0 Å². The number of fused-ring (bicyclic) bond motifs is 2. The van der Waals surface area contributed by atoms with E-state index in [1.807, 2.05) is 0 Å². The van der Waals surface area contributed by atoms with E-state index < -0.39 is 0 Å². The Morgan fingerprint density at radius 3 is 1.29 bits per heavy atom. The standard InChI is InChI=1S/C63H48N2/c1-63(44-42-56(43-45-63)65(62-29-15-23-51-21-9-11-26-59(51)62)54-38-32-49(33-39-54)47-18-6-3-7-19-47)60-27-13-12-24-57(60)52-34-40-55(41-35-52)64(61-28-14-22-50-20-8-10-25-58(50)61)53-36-30-48(31-37-53)46-16-4-2-5-17-46/h2-44H,45H2,1H3. The predicted octanol–water partition coefficient (Wildman–Crippen LogP) is 17.4. The van der Waals surface area contributed by atoms with Crippen LogP contribution in [0.15, 0.2) is 267 Å². The van der Waals surface area contributed by atoms with Crippen molar-refractivity contribution in [3.05, 3.63) is 272 Å². The van der Waals surface area contributed by atoms with E-state index in [9.17, 15) is 0 Å². The van der Waals surface area contributed by atoms with Crippen LogP contribution in [0.4, 0.5) is 28.4 Å². The van der Waals surface area contributed by atoms with Crippen molar-refractivity contribution in [3.63, 3.8) is 0 Å². The van der Waals surface area contributed by atoms with Gasteiger partial charge in [0.15, 0.2) is 0 Å². The molecule has 11 rings (SSSR count). The van der Waals surface area contributed by atoms with E-state index in [1.54, 1.807) is 0 Å². The highest BCUT2D eigenvalue weighted by Crippen LogP contribution is 2.45. The first-order valence-electron chi connectivity index (χ1n) is 22.6. The molecule has 0 N–H and O–H groups in total. The molecule has 10 aromatic rings. The lowest BCUT2D eigenvalue weighted by atomic mass is 9.74. The van der Waals surface area contributed by atoms with Gasteiger partial charge in [-0.3, -0.25) is 0 Å². The predicted molar refractivity (Wildman–Crippen MR) is 277 cm³/mol. The van der Waals surface area contributed by atoms with Crippen LogP contribution >= 0.6 is 0 Å². The molecule has 0 radical (unpaired) electrons. The first-order chi connectivity index (χ1) is 32.1. The van der Waals surface area contributed by atoms with Crippen molar-refractivity contribution >= 4 is 50.0 Å². The number of benzene rings is 10. The molecule has 310 valence electrons. The zero-order chi connectivity index (χ0) is 43.6. The average molecular weight is 833 g/mol. The molecular formula is C63H48N2. The molecule has 0 heterocycles. The maximum Gasteiger partial charge on any atom is 0.0540 e. The first kappa shape index (κ1) is 39.6. The van der Waals surface area contributed by atoms with Crippen LogP contribution in [-0.2, 0) is 5.41 Å². The highest BCUT2D eigenvalue weighted by Gasteiger charge is 2.30. The lowest BCUT2D eigenvalue weighted by Crippen LogP contribution is -2.25. The van der Waals surface area contributed by atoms with Gasteiger partial charge in [0.1, 0.15) is 0 Å². The summed E-state index contributed by atoms with van der Waals surface area (Å²) in [4.78, 5) is 4.82. The number of hydrogen-bond acceptors (Lipinski definition) is 2. The fourth-order valence-electron chi connectivity index (χ4n) is 9.64. The third-order valence-corrected chi connectivity index (χ3v) is 13.1. The molecule has 0 saturated heterocycles. The fraction of sp³-hybridized carbons (Fsp3) is 0.0476. The smallest absolute Gasteiger partial charge is 0.0540 e. The minimum absolute atomic E-state index is 0.226. The molecule has 10 aromatic carbocycles. The molecule has 0 fully saturated rings. The Labute approximate surface area is 382 Å². The number of nitrogens with zero attached hydrogens (tertiary/aromatic N) is 2. The van der Waals surface area contributed by atoms with Gasteiger partial charge < -0.3 is 9.80 Å². The number of allylic oxidation sites excluding steroid dienone is 3. The van der Waals surface area contributed by atoms with Gasteiger partial charge in [0.2, 0.25) is 0 Å². The molecule has 0 aliphatic heterocycles. The van der Waals surface area contributed by atoms with E-state index in [0.29, 0.717) is 0 Å². The van der Waals surface area contributed by atoms with Gasteiger partial charge in [-0.1, -0.05) is 213 Å². The van der Waals surface area contributed by atoms with Crippen molar-refractivity contribution < 1.29 is 0 Å². The number of rotatable bonds is 10. The largest absolute Gasteiger partial charge is 0.310 e. The Kier molecular flexibility index (Phi) is 10.5. The molecule has 1 aliphatic rings. The van der Waals surface area contributed by atoms with Crippen molar-refractivity contribution in [2.45, 2.75) is 18.8 Å². The first-order valence-corrected chi connectivity index (χ1v) is 22.6. The van der Waals surface area contributed by atoms with Gasteiger partial charge in [-0.05, 0) is 111 Å². The van der Waals surface area contributed by atoms with Crippen LogP contribution in [-0.4, -0.2) is 0 Å². The summed E-state index contributed by atoms with van der Waals surface area (Å²) in [6, 6.07) is 87.8. The van der Waals surface area contributed by atoms with Crippen molar-refractivity contribution in [1.82, 2.24) is 0 Å². The Balaban J connectivity index is 0.932. The maximum atomic E-state index is 2.43. The van der Waals surface area contributed by atoms with Gasteiger partial charge in [-0.15, -0.1) is 0 Å². The van der Waals surface area contributed by atoms with Gasteiger partial charge >= 0.3 is 0 Å². The molecule has 1 atom stereocenters. The molecule has 0 aromatic heterocycles. The van der Waals surface area contributed by atoms with Crippen LogP contribution in [0.3, 0.4) is 0 Å². The summed E-state index contributed by atoms with van der Waals surface area (Å²) in [7, 11) is 0. The summed E-state index contributed by atoms with van der Waals surface area (Å²) < 4.78 is 0. The normalized spacial score (nSPS) is 14.6. The quantitative estimate of drug-likeness (QED) is 0.135. The average Bonchev–Trinajstić information content (AvgIpc) is 3.38. The molecule has 2 nitrogen and oxygen atoms in total. The van der Waals surface area contributed by atoms with Gasteiger partial charge in [0.05, 0.1) is 11.4 Å². The summed E-state index contributed by atoms with van der Waals surface area (Å²) in [5, 5.41) is 4.88. The molecule has 0 saturated carbocycles. The maximum absolute atomic E-state index is 2.43. The van der Waals surface area contributed by atoms with E-state index in [1.165, 1.54) is 71.9 Å². The van der Waals surface area contributed by atoms with Crippen LogP contribution in [0.1, 0.15) is 18.9 Å².